The number of rotatable bonds is 3. The highest BCUT2D eigenvalue weighted by atomic mass is 16.1. The minimum Gasteiger partial charge on any atom is -0.366 e. The zero-order valence-corrected chi connectivity index (χ0v) is 10.4. The van der Waals surface area contributed by atoms with Crippen molar-refractivity contribution >= 4 is 22.7 Å². The predicted octanol–water partition coefficient (Wildman–Crippen LogP) is 1.47. The van der Waals surface area contributed by atoms with Gasteiger partial charge in [0.05, 0.1) is 11.3 Å². The van der Waals surface area contributed by atoms with E-state index in [9.17, 15) is 4.79 Å². The number of pyridine rings is 2. The number of carbonyl (C=O) groups excluding carboxylic acids is 1. The lowest BCUT2D eigenvalue weighted by Gasteiger charge is -2.08. The van der Waals surface area contributed by atoms with E-state index in [0.717, 1.165) is 5.39 Å². The van der Waals surface area contributed by atoms with Crippen molar-refractivity contribution in [3.63, 3.8) is 0 Å². The molecule has 0 bridgehead atoms. The highest BCUT2D eigenvalue weighted by molar-refractivity contribution is 6.20. The van der Waals surface area contributed by atoms with Crippen LogP contribution in [0.25, 0.3) is 11.0 Å². The van der Waals surface area contributed by atoms with E-state index in [1.54, 1.807) is 18.5 Å². The van der Waals surface area contributed by atoms with E-state index >= 15 is 0 Å². The van der Waals surface area contributed by atoms with Crippen LogP contribution in [0.4, 0.5) is 0 Å². The molecule has 6 nitrogen and oxygen atoms in total. The first kappa shape index (κ1) is 12.0. The molecule has 1 amide bonds. The van der Waals surface area contributed by atoms with Crippen molar-refractivity contribution in [2.24, 2.45) is 5.73 Å². The lowest BCUT2D eigenvalue weighted by atomic mass is 9.98. The summed E-state index contributed by atoms with van der Waals surface area (Å²) >= 11 is 0. The third-order valence-corrected chi connectivity index (χ3v) is 3.09. The maximum atomic E-state index is 11.5. The number of carbonyl (C=O) groups is 1. The third-order valence-electron chi connectivity index (χ3n) is 3.09. The van der Waals surface area contributed by atoms with Crippen LogP contribution in [0.1, 0.15) is 21.5 Å². The van der Waals surface area contributed by atoms with Crippen LogP contribution in [-0.2, 0) is 0 Å². The number of aromatic nitrogens is 3. The number of nitrogens with one attached hydrogen (secondary N) is 2. The Balaban J connectivity index is 2.19. The van der Waals surface area contributed by atoms with Gasteiger partial charge in [-0.3, -0.25) is 15.2 Å². The molecule has 6 heteroatoms. The van der Waals surface area contributed by atoms with Gasteiger partial charge in [-0.05, 0) is 18.2 Å². The van der Waals surface area contributed by atoms with Crippen LogP contribution in [0.2, 0.25) is 0 Å². The Morgan fingerprint density at radius 3 is 2.75 bits per heavy atom. The van der Waals surface area contributed by atoms with Gasteiger partial charge >= 0.3 is 0 Å². The van der Waals surface area contributed by atoms with Gasteiger partial charge in [0, 0.05) is 41.3 Å². The van der Waals surface area contributed by atoms with Crippen LogP contribution in [-0.4, -0.2) is 26.6 Å². The van der Waals surface area contributed by atoms with E-state index in [4.69, 9.17) is 11.1 Å². The molecule has 3 aromatic rings. The molecule has 0 radical (unpaired) electrons. The quantitative estimate of drug-likeness (QED) is 0.624. The molecular formula is C14H11N5O. The molecule has 0 aliphatic rings. The Morgan fingerprint density at radius 1 is 1.15 bits per heavy atom. The summed E-state index contributed by atoms with van der Waals surface area (Å²) in [5, 5.41) is 9.15. The van der Waals surface area contributed by atoms with Crippen LogP contribution >= 0.6 is 0 Å². The van der Waals surface area contributed by atoms with E-state index in [-0.39, 0.29) is 11.3 Å². The van der Waals surface area contributed by atoms with Gasteiger partial charge in [0.25, 0.3) is 0 Å². The van der Waals surface area contributed by atoms with E-state index in [2.05, 4.69) is 15.0 Å². The smallest absolute Gasteiger partial charge is 0.249 e. The van der Waals surface area contributed by atoms with Crippen LogP contribution < -0.4 is 5.73 Å². The second kappa shape index (κ2) is 4.58. The number of hydrogen-bond acceptors (Lipinski definition) is 4. The fourth-order valence-corrected chi connectivity index (χ4v) is 2.13. The van der Waals surface area contributed by atoms with Gasteiger partial charge in [-0.2, -0.15) is 0 Å². The molecule has 98 valence electrons. The third kappa shape index (κ3) is 1.83. The molecule has 0 spiro atoms. The van der Waals surface area contributed by atoms with Gasteiger partial charge in [0.2, 0.25) is 5.91 Å². The zero-order valence-electron chi connectivity index (χ0n) is 10.4. The number of amides is 1. The molecule has 0 aromatic carbocycles. The van der Waals surface area contributed by atoms with Crippen molar-refractivity contribution in [1.29, 1.82) is 5.41 Å². The molecule has 3 heterocycles. The minimum atomic E-state index is -0.577. The molecule has 3 rings (SSSR count). The molecule has 0 saturated heterocycles. The molecule has 0 atom stereocenters. The summed E-state index contributed by atoms with van der Waals surface area (Å²) in [5.74, 6) is -0.577. The van der Waals surface area contributed by atoms with E-state index < -0.39 is 5.91 Å². The van der Waals surface area contributed by atoms with Gasteiger partial charge in [0.1, 0.15) is 5.65 Å². The van der Waals surface area contributed by atoms with Crippen molar-refractivity contribution < 1.29 is 4.79 Å². The SMILES string of the molecule is N=C(c1cnccc1C(N)=O)c1ccnc2[nH]ccc12. The maximum Gasteiger partial charge on any atom is 0.249 e. The Morgan fingerprint density at radius 2 is 1.95 bits per heavy atom. The standard InChI is InChI=1S/C14H11N5O/c15-12(11-7-17-4-1-9(11)13(16)20)8-2-5-18-14-10(8)3-6-19-14/h1-7,15H,(H2,16,20)(H,18,19). The molecule has 4 N–H and O–H groups in total. The molecule has 0 aliphatic carbocycles. The Bertz CT molecular complexity index is 821. The van der Waals surface area contributed by atoms with E-state index in [1.807, 2.05) is 6.07 Å². The second-order valence-electron chi connectivity index (χ2n) is 4.26. The largest absolute Gasteiger partial charge is 0.366 e. The fraction of sp³-hybridized carbons (Fsp3) is 0. The zero-order chi connectivity index (χ0) is 14.1. The Labute approximate surface area is 114 Å². The summed E-state index contributed by atoms with van der Waals surface area (Å²) in [4.78, 5) is 22.6. The summed E-state index contributed by atoms with van der Waals surface area (Å²) < 4.78 is 0. The first-order valence-corrected chi connectivity index (χ1v) is 5.93. The molecule has 20 heavy (non-hydrogen) atoms. The first-order chi connectivity index (χ1) is 9.68. The van der Waals surface area contributed by atoms with Gasteiger partial charge in [-0.25, -0.2) is 4.98 Å². The normalized spacial score (nSPS) is 10.6. The molecule has 3 aromatic heterocycles. The van der Waals surface area contributed by atoms with Crippen molar-refractivity contribution in [1.82, 2.24) is 15.0 Å². The first-order valence-electron chi connectivity index (χ1n) is 5.93. The lowest BCUT2D eigenvalue weighted by Crippen LogP contribution is -2.17. The van der Waals surface area contributed by atoms with Gasteiger partial charge < -0.3 is 10.7 Å². The topological polar surface area (TPSA) is 109 Å². The average Bonchev–Trinajstić information content (AvgIpc) is 2.94. The monoisotopic (exact) mass is 265 g/mol. The van der Waals surface area contributed by atoms with Crippen LogP contribution in [0.15, 0.2) is 43.0 Å². The summed E-state index contributed by atoms with van der Waals surface area (Å²) in [5.41, 5.74) is 7.59. The van der Waals surface area contributed by atoms with Crippen LogP contribution in [0.3, 0.4) is 0 Å². The predicted molar refractivity (Wildman–Crippen MR) is 74.8 cm³/mol. The molecule has 0 unspecified atom stereocenters. The van der Waals surface area contributed by atoms with Gasteiger partial charge in [0.15, 0.2) is 0 Å². The number of fused-ring (bicyclic) bond motifs is 1. The number of H-pyrrole nitrogens is 1. The minimum absolute atomic E-state index is 0.193. The van der Waals surface area contributed by atoms with Gasteiger partial charge in [-0.1, -0.05) is 0 Å². The van der Waals surface area contributed by atoms with Crippen molar-refractivity contribution in [2.45, 2.75) is 0 Å². The number of nitrogens with zero attached hydrogens (tertiary/aromatic N) is 2. The Hall–Kier alpha value is -3.02. The van der Waals surface area contributed by atoms with Crippen molar-refractivity contribution in [3.8, 4) is 0 Å². The van der Waals surface area contributed by atoms with E-state index in [1.165, 1.54) is 18.5 Å². The second-order valence-corrected chi connectivity index (χ2v) is 4.26. The molecule has 0 saturated carbocycles. The number of primary amides is 1. The van der Waals surface area contributed by atoms with Crippen molar-refractivity contribution in [3.05, 3.63) is 59.7 Å². The molecular weight excluding hydrogens is 254 g/mol. The van der Waals surface area contributed by atoms with Crippen molar-refractivity contribution in [2.75, 3.05) is 0 Å². The van der Waals surface area contributed by atoms with Crippen LogP contribution in [0, 0.1) is 5.41 Å². The molecule has 0 fully saturated rings. The number of aromatic amines is 1. The Kier molecular flexibility index (Phi) is 2.76. The van der Waals surface area contributed by atoms with Gasteiger partial charge in [-0.15, -0.1) is 0 Å². The summed E-state index contributed by atoms with van der Waals surface area (Å²) in [6.45, 7) is 0. The fourth-order valence-electron chi connectivity index (χ4n) is 2.13. The van der Waals surface area contributed by atoms with E-state index in [0.29, 0.717) is 16.8 Å². The summed E-state index contributed by atoms with van der Waals surface area (Å²) in [6, 6.07) is 5.09. The highest BCUT2D eigenvalue weighted by Crippen LogP contribution is 2.20. The number of nitrogens with two attached hydrogens (primary N) is 1. The summed E-state index contributed by atoms with van der Waals surface area (Å²) in [7, 11) is 0. The summed E-state index contributed by atoms with van der Waals surface area (Å²) in [6.07, 6.45) is 6.33. The molecule has 0 aliphatic heterocycles. The number of hydrogen-bond donors (Lipinski definition) is 3. The highest BCUT2D eigenvalue weighted by Gasteiger charge is 2.16. The average molecular weight is 265 g/mol. The maximum absolute atomic E-state index is 11.5. The van der Waals surface area contributed by atoms with Crippen LogP contribution in [0.5, 0.6) is 0 Å². The lowest BCUT2D eigenvalue weighted by molar-refractivity contribution is 0.1000.